The fourth-order valence-electron chi connectivity index (χ4n) is 2.54. The summed E-state index contributed by atoms with van der Waals surface area (Å²) in [7, 11) is 0. The van der Waals surface area contributed by atoms with Crippen LogP contribution in [0.15, 0.2) is 10.9 Å². The Balaban J connectivity index is 1.83. The Kier molecular flexibility index (Phi) is 5.42. The van der Waals surface area contributed by atoms with Gasteiger partial charge in [-0.15, -0.1) is 11.3 Å². The standard InChI is InChI=1S/C13H23N3S/c1-2-6-16(9-13-10-17-11-15-13)8-12-4-3-5-14-7-12/h10-12,14H,2-9H2,1H3. The van der Waals surface area contributed by atoms with Gasteiger partial charge in [-0.05, 0) is 44.8 Å². The molecule has 1 aromatic heterocycles. The molecule has 0 bridgehead atoms. The minimum absolute atomic E-state index is 0.828. The number of rotatable bonds is 6. The van der Waals surface area contributed by atoms with Gasteiger partial charge in [0.2, 0.25) is 0 Å². The first-order valence-corrected chi connectivity index (χ1v) is 7.63. The number of nitrogens with one attached hydrogen (secondary N) is 1. The van der Waals surface area contributed by atoms with Crippen molar-refractivity contribution in [2.45, 2.75) is 32.7 Å². The van der Waals surface area contributed by atoms with Gasteiger partial charge in [-0.1, -0.05) is 6.92 Å². The Bertz CT molecular complexity index is 294. The van der Waals surface area contributed by atoms with Crippen LogP contribution in [-0.4, -0.2) is 36.1 Å². The van der Waals surface area contributed by atoms with E-state index in [1.54, 1.807) is 11.3 Å². The van der Waals surface area contributed by atoms with Crippen molar-refractivity contribution in [2.75, 3.05) is 26.2 Å². The Hall–Kier alpha value is -0.450. The number of aromatic nitrogens is 1. The van der Waals surface area contributed by atoms with Crippen molar-refractivity contribution in [3.8, 4) is 0 Å². The third-order valence-corrected chi connectivity index (χ3v) is 3.96. The lowest BCUT2D eigenvalue weighted by atomic mass is 9.99. The first-order chi connectivity index (χ1) is 8.38. The second kappa shape index (κ2) is 7.09. The summed E-state index contributed by atoms with van der Waals surface area (Å²) in [6.45, 7) is 8.08. The second-order valence-electron chi connectivity index (χ2n) is 4.93. The molecule has 1 saturated heterocycles. The third kappa shape index (κ3) is 4.37. The van der Waals surface area contributed by atoms with Gasteiger partial charge < -0.3 is 5.32 Å². The lowest BCUT2D eigenvalue weighted by molar-refractivity contribution is 0.200. The van der Waals surface area contributed by atoms with E-state index >= 15 is 0 Å². The zero-order chi connectivity index (χ0) is 11.9. The predicted molar refractivity (Wildman–Crippen MR) is 73.3 cm³/mol. The van der Waals surface area contributed by atoms with Crippen LogP contribution in [0, 0.1) is 5.92 Å². The van der Waals surface area contributed by atoms with Crippen LogP contribution in [0.25, 0.3) is 0 Å². The van der Waals surface area contributed by atoms with Crippen molar-refractivity contribution in [1.82, 2.24) is 15.2 Å². The van der Waals surface area contributed by atoms with E-state index in [0.29, 0.717) is 0 Å². The fourth-order valence-corrected chi connectivity index (χ4v) is 3.09. The van der Waals surface area contributed by atoms with Crippen LogP contribution in [-0.2, 0) is 6.54 Å². The molecule has 3 nitrogen and oxygen atoms in total. The summed E-state index contributed by atoms with van der Waals surface area (Å²) < 4.78 is 0. The quantitative estimate of drug-likeness (QED) is 0.843. The number of hydrogen-bond acceptors (Lipinski definition) is 4. The Morgan fingerprint density at radius 3 is 3.18 bits per heavy atom. The summed E-state index contributed by atoms with van der Waals surface area (Å²) >= 11 is 1.70. The molecule has 1 unspecified atom stereocenters. The molecule has 0 aromatic carbocycles. The highest BCUT2D eigenvalue weighted by Gasteiger charge is 2.17. The fraction of sp³-hybridized carbons (Fsp3) is 0.769. The van der Waals surface area contributed by atoms with Crippen molar-refractivity contribution in [1.29, 1.82) is 0 Å². The van der Waals surface area contributed by atoms with Crippen molar-refractivity contribution in [2.24, 2.45) is 5.92 Å². The van der Waals surface area contributed by atoms with Gasteiger partial charge in [0.25, 0.3) is 0 Å². The molecule has 1 N–H and O–H groups in total. The molecule has 2 rings (SSSR count). The molecule has 96 valence electrons. The molecule has 1 fully saturated rings. The van der Waals surface area contributed by atoms with Gasteiger partial charge in [0.15, 0.2) is 0 Å². The maximum atomic E-state index is 4.39. The van der Waals surface area contributed by atoms with Gasteiger partial charge in [0, 0.05) is 18.5 Å². The highest BCUT2D eigenvalue weighted by molar-refractivity contribution is 7.07. The first-order valence-electron chi connectivity index (χ1n) is 6.68. The van der Waals surface area contributed by atoms with Crippen molar-refractivity contribution >= 4 is 11.3 Å². The lowest BCUT2D eigenvalue weighted by Gasteiger charge is -2.29. The van der Waals surface area contributed by atoms with E-state index in [9.17, 15) is 0 Å². The Morgan fingerprint density at radius 1 is 1.59 bits per heavy atom. The van der Waals surface area contributed by atoms with E-state index in [0.717, 1.165) is 12.5 Å². The normalized spacial score (nSPS) is 20.9. The average molecular weight is 253 g/mol. The predicted octanol–water partition coefficient (Wildman–Crippen LogP) is 2.35. The molecule has 0 amide bonds. The van der Waals surface area contributed by atoms with E-state index < -0.39 is 0 Å². The summed E-state index contributed by atoms with van der Waals surface area (Å²) in [6, 6.07) is 0. The van der Waals surface area contributed by atoms with Crippen LogP contribution < -0.4 is 5.32 Å². The molecule has 1 aliphatic heterocycles. The highest BCUT2D eigenvalue weighted by Crippen LogP contribution is 2.14. The van der Waals surface area contributed by atoms with Crippen LogP contribution in [0.1, 0.15) is 31.9 Å². The van der Waals surface area contributed by atoms with Crippen LogP contribution in [0.5, 0.6) is 0 Å². The smallest absolute Gasteiger partial charge is 0.0795 e. The number of piperidine rings is 1. The molecule has 1 atom stereocenters. The molecule has 17 heavy (non-hydrogen) atoms. The zero-order valence-electron chi connectivity index (χ0n) is 10.7. The third-order valence-electron chi connectivity index (χ3n) is 3.32. The Labute approximate surface area is 108 Å². The molecule has 0 saturated carbocycles. The van der Waals surface area contributed by atoms with E-state index in [1.807, 2.05) is 5.51 Å². The van der Waals surface area contributed by atoms with Crippen molar-refractivity contribution < 1.29 is 0 Å². The lowest BCUT2D eigenvalue weighted by Crippen LogP contribution is -2.38. The van der Waals surface area contributed by atoms with Gasteiger partial charge in [-0.3, -0.25) is 4.90 Å². The maximum Gasteiger partial charge on any atom is 0.0795 e. The first kappa shape index (κ1) is 13.0. The largest absolute Gasteiger partial charge is 0.316 e. The van der Waals surface area contributed by atoms with E-state index in [-0.39, 0.29) is 0 Å². The minimum atomic E-state index is 0.828. The topological polar surface area (TPSA) is 28.2 Å². The van der Waals surface area contributed by atoms with E-state index in [1.165, 1.54) is 51.1 Å². The molecule has 2 heterocycles. The van der Waals surface area contributed by atoms with Crippen LogP contribution in [0.4, 0.5) is 0 Å². The van der Waals surface area contributed by atoms with Gasteiger partial charge in [0.05, 0.1) is 11.2 Å². The molecule has 1 aliphatic rings. The monoisotopic (exact) mass is 253 g/mol. The van der Waals surface area contributed by atoms with E-state index in [2.05, 4.69) is 27.5 Å². The SMILES string of the molecule is CCCN(Cc1cscn1)CC1CCCNC1. The summed E-state index contributed by atoms with van der Waals surface area (Å²) in [5, 5.41) is 5.67. The highest BCUT2D eigenvalue weighted by atomic mass is 32.1. The summed E-state index contributed by atoms with van der Waals surface area (Å²) in [4.78, 5) is 6.95. The van der Waals surface area contributed by atoms with Crippen LogP contribution in [0.2, 0.25) is 0 Å². The summed E-state index contributed by atoms with van der Waals surface area (Å²) in [5.74, 6) is 0.828. The zero-order valence-corrected chi connectivity index (χ0v) is 11.5. The van der Waals surface area contributed by atoms with E-state index in [4.69, 9.17) is 0 Å². The summed E-state index contributed by atoms with van der Waals surface area (Å²) in [5.41, 5.74) is 3.16. The average Bonchev–Trinajstić information content (AvgIpc) is 2.83. The Morgan fingerprint density at radius 2 is 2.53 bits per heavy atom. The second-order valence-corrected chi connectivity index (χ2v) is 5.65. The van der Waals surface area contributed by atoms with Gasteiger partial charge >= 0.3 is 0 Å². The van der Waals surface area contributed by atoms with Crippen LogP contribution >= 0.6 is 11.3 Å². The van der Waals surface area contributed by atoms with Gasteiger partial charge in [0.1, 0.15) is 0 Å². The van der Waals surface area contributed by atoms with Gasteiger partial charge in [-0.2, -0.15) is 0 Å². The molecule has 0 aliphatic carbocycles. The van der Waals surface area contributed by atoms with Crippen molar-refractivity contribution in [3.63, 3.8) is 0 Å². The molecule has 1 aromatic rings. The molecule has 4 heteroatoms. The molecule has 0 radical (unpaired) electrons. The number of nitrogens with zero attached hydrogens (tertiary/aromatic N) is 2. The summed E-state index contributed by atoms with van der Waals surface area (Å²) in [6.07, 6.45) is 3.94. The van der Waals surface area contributed by atoms with Crippen LogP contribution in [0.3, 0.4) is 0 Å². The molecule has 0 spiro atoms. The molecular weight excluding hydrogens is 230 g/mol. The maximum absolute atomic E-state index is 4.39. The minimum Gasteiger partial charge on any atom is -0.316 e. The number of thiazole rings is 1. The molecular formula is C13H23N3S. The van der Waals surface area contributed by atoms with Crippen molar-refractivity contribution in [3.05, 3.63) is 16.6 Å². The number of hydrogen-bond donors (Lipinski definition) is 1. The van der Waals surface area contributed by atoms with Gasteiger partial charge in [-0.25, -0.2) is 4.98 Å².